The van der Waals surface area contributed by atoms with Crippen molar-refractivity contribution in [1.29, 1.82) is 0 Å². The molecule has 2 N–H and O–H groups in total. The number of carbonyl (C=O) groups is 3. The number of carbonyl (C=O) groups excluding carboxylic acids is 3. The summed E-state index contributed by atoms with van der Waals surface area (Å²) in [7, 11) is 3.22. The first-order chi connectivity index (χ1) is 18.2. The maximum atomic E-state index is 14.5. The summed E-state index contributed by atoms with van der Waals surface area (Å²) < 4.78 is 26.3. The summed E-state index contributed by atoms with van der Waals surface area (Å²) in [4.78, 5) is 42.2. The zero-order valence-corrected chi connectivity index (χ0v) is 22.6. The number of likely N-dealkylation sites (N-methyl/N-ethyl adjacent to an activating group) is 1. The summed E-state index contributed by atoms with van der Waals surface area (Å²) in [5.41, 5.74) is 0.691. The van der Waals surface area contributed by atoms with Gasteiger partial charge in [-0.15, -0.1) is 0 Å². The molecule has 38 heavy (non-hydrogen) atoms. The summed E-state index contributed by atoms with van der Waals surface area (Å²) in [6.07, 6.45) is 0.402. The third-order valence-electron chi connectivity index (χ3n) is 6.60. The van der Waals surface area contributed by atoms with Gasteiger partial charge in [-0.25, -0.2) is 9.18 Å². The van der Waals surface area contributed by atoms with E-state index in [9.17, 15) is 18.8 Å². The number of methoxy groups -OCH3 is 1. The molecule has 0 spiro atoms. The predicted molar refractivity (Wildman–Crippen MR) is 143 cm³/mol. The van der Waals surface area contributed by atoms with Gasteiger partial charge in [0.25, 0.3) is 11.8 Å². The zero-order valence-electron chi connectivity index (χ0n) is 22.6. The van der Waals surface area contributed by atoms with Crippen LogP contribution in [0.15, 0.2) is 42.5 Å². The third-order valence-corrected chi connectivity index (χ3v) is 6.60. The Morgan fingerprint density at radius 2 is 1.89 bits per heavy atom. The first-order valence-electron chi connectivity index (χ1n) is 12.8. The predicted octanol–water partition coefficient (Wildman–Crippen LogP) is 4.00. The number of nitrogens with one attached hydrogen (secondary N) is 2. The van der Waals surface area contributed by atoms with Gasteiger partial charge in [0, 0.05) is 45.4 Å². The SMILES string of the molecule is CCCNC(=O)Nc1ccc2c(c1)C(=O)N(C)C[C@H](OC)[C@H](C)CN(C(=O)c1ccccc1F)[C@H](C)CO2. The Hall–Kier alpha value is -3.66. The van der Waals surface area contributed by atoms with E-state index in [0.29, 0.717) is 18.0 Å². The molecule has 0 unspecified atom stereocenters. The van der Waals surface area contributed by atoms with Crippen LogP contribution in [-0.2, 0) is 4.74 Å². The molecule has 1 aliphatic heterocycles. The molecule has 0 saturated carbocycles. The number of anilines is 1. The van der Waals surface area contributed by atoms with Gasteiger partial charge in [-0.2, -0.15) is 0 Å². The third kappa shape index (κ3) is 7.00. The lowest BCUT2D eigenvalue weighted by atomic mass is 10.0. The van der Waals surface area contributed by atoms with Gasteiger partial charge < -0.3 is 29.9 Å². The van der Waals surface area contributed by atoms with Crippen molar-refractivity contribution in [2.45, 2.75) is 39.3 Å². The van der Waals surface area contributed by atoms with Crippen molar-refractivity contribution in [2.75, 3.05) is 45.7 Å². The molecule has 206 valence electrons. The highest BCUT2D eigenvalue weighted by atomic mass is 19.1. The van der Waals surface area contributed by atoms with Crippen LogP contribution >= 0.6 is 0 Å². The van der Waals surface area contributed by atoms with Crippen molar-refractivity contribution in [2.24, 2.45) is 5.92 Å². The molecule has 0 aromatic heterocycles. The highest BCUT2D eigenvalue weighted by Gasteiger charge is 2.31. The fraction of sp³-hybridized carbons (Fsp3) is 0.464. The van der Waals surface area contributed by atoms with Gasteiger partial charge in [-0.05, 0) is 43.7 Å². The Balaban J connectivity index is 1.96. The van der Waals surface area contributed by atoms with E-state index in [1.807, 2.05) is 20.8 Å². The summed E-state index contributed by atoms with van der Waals surface area (Å²) in [5.74, 6) is -1.19. The molecule has 3 rings (SSSR count). The average molecular weight is 529 g/mol. The number of rotatable bonds is 5. The Kier molecular flexibility index (Phi) is 10.1. The molecule has 0 fully saturated rings. The maximum Gasteiger partial charge on any atom is 0.319 e. The molecule has 9 nitrogen and oxygen atoms in total. The van der Waals surface area contributed by atoms with Gasteiger partial charge >= 0.3 is 6.03 Å². The minimum absolute atomic E-state index is 0.0163. The fourth-order valence-corrected chi connectivity index (χ4v) is 4.34. The first kappa shape index (κ1) is 28.9. The van der Waals surface area contributed by atoms with Gasteiger partial charge in [0.15, 0.2) is 0 Å². The molecular weight excluding hydrogens is 491 g/mol. The van der Waals surface area contributed by atoms with Gasteiger partial charge in [0.2, 0.25) is 0 Å². The van der Waals surface area contributed by atoms with Crippen LogP contribution in [0.2, 0.25) is 0 Å². The first-order valence-corrected chi connectivity index (χ1v) is 12.8. The molecule has 2 aromatic rings. The molecule has 2 aromatic carbocycles. The second kappa shape index (κ2) is 13.2. The number of halogens is 1. The number of urea groups is 1. The second-order valence-electron chi connectivity index (χ2n) is 9.63. The van der Waals surface area contributed by atoms with E-state index < -0.39 is 23.9 Å². The Labute approximate surface area is 223 Å². The van der Waals surface area contributed by atoms with Crippen LogP contribution < -0.4 is 15.4 Å². The maximum absolute atomic E-state index is 14.5. The van der Waals surface area contributed by atoms with Crippen molar-refractivity contribution in [3.8, 4) is 5.75 Å². The van der Waals surface area contributed by atoms with Crippen molar-refractivity contribution >= 4 is 23.5 Å². The summed E-state index contributed by atoms with van der Waals surface area (Å²) in [6.45, 7) is 6.82. The number of amides is 4. The van der Waals surface area contributed by atoms with Gasteiger partial charge in [-0.3, -0.25) is 9.59 Å². The molecule has 4 amide bonds. The topological polar surface area (TPSA) is 100 Å². The number of fused-ring (bicyclic) bond motifs is 1. The van der Waals surface area contributed by atoms with E-state index in [4.69, 9.17) is 9.47 Å². The van der Waals surface area contributed by atoms with Crippen molar-refractivity contribution in [3.63, 3.8) is 0 Å². The number of nitrogens with zero attached hydrogens (tertiary/aromatic N) is 2. The van der Waals surface area contributed by atoms with Crippen molar-refractivity contribution in [1.82, 2.24) is 15.1 Å². The van der Waals surface area contributed by atoms with Gasteiger partial charge in [0.1, 0.15) is 18.2 Å². The number of ether oxygens (including phenoxy) is 2. The van der Waals surface area contributed by atoms with E-state index >= 15 is 0 Å². The summed E-state index contributed by atoms with van der Waals surface area (Å²) in [5, 5.41) is 5.48. The van der Waals surface area contributed by atoms with E-state index in [1.54, 1.807) is 49.4 Å². The van der Waals surface area contributed by atoms with Gasteiger partial charge in [-0.1, -0.05) is 26.0 Å². The standard InChI is InChI=1S/C28H37FN4O5/c1-6-13-30-28(36)31-20-11-12-24-22(14-20)26(34)32(4)16-25(37-5)18(2)15-33(19(3)17-38-24)27(35)21-9-7-8-10-23(21)29/h7-12,14,18-19,25H,6,13,15-17H2,1-5H3,(H2,30,31,36)/t18-,19-,25+/m1/s1. The number of hydrogen-bond acceptors (Lipinski definition) is 5. The lowest BCUT2D eigenvalue weighted by molar-refractivity contribution is 0.0110. The van der Waals surface area contributed by atoms with Crippen molar-refractivity contribution < 1.29 is 28.2 Å². The average Bonchev–Trinajstić information content (AvgIpc) is 2.91. The normalized spacial score (nSPS) is 20.5. The van der Waals surface area contributed by atoms with Gasteiger partial charge in [0.05, 0.1) is 23.3 Å². The van der Waals surface area contributed by atoms with Crippen LogP contribution in [0.5, 0.6) is 5.75 Å². The molecule has 1 aliphatic rings. The number of hydrogen-bond donors (Lipinski definition) is 2. The molecule has 0 saturated heterocycles. The fourth-order valence-electron chi connectivity index (χ4n) is 4.34. The highest BCUT2D eigenvalue weighted by molar-refractivity contribution is 5.99. The minimum Gasteiger partial charge on any atom is -0.491 e. The summed E-state index contributed by atoms with van der Waals surface area (Å²) in [6, 6.07) is 9.92. The van der Waals surface area contributed by atoms with E-state index in [-0.39, 0.29) is 48.7 Å². The van der Waals surface area contributed by atoms with E-state index in [2.05, 4.69) is 10.6 Å². The van der Waals surface area contributed by atoms with Crippen LogP contribution in [0.25, 0.3) is 0 Å². The van der Waals surface area contributed by atoms with Crippen LogP contribution in [0.4, 0.5) is 14.9 Å². The zero-order chi connectivity index (χ0) is 27.8. The lowest BCUT2D eigenvalue weighted by Crippen LogP contribution is -2.48. The molecular formula is C28H37FN4O5. The minimum atomic E-state index is -0.591. The highest BCUT2D eigenvalue weighted by Crippen LogP contribution is 2.27. The van der Waals surface area contributed by atoms with Crippen molar-refractivity contribution in [3.05, 3.63) is 59.4 Å². The van der Waals surface area contributed by atoms with Crippen LogP contribution in [0, 0.1) is 11.7 Å². The molecule has 0 bridgehead atoms. The largest absolute Gasteiger partial charge is 0.491 e. The van der Waals surface area contributed by atoms with E-state index in [0.717, 1.165) is 6.42 Å². The Morgan fingerprint density at radius 3 is 2.58 bits per heavy atom. The second-order valence-corrected chi connectivity index (χ2v) is 9.63. The van der Waals surface area contributed by atoms with Crippen LogP contribution in [0.1, 0.15) is 47.9 Å². The lowest BCUT2D eigenvalue weighted by Gasteiger charge is -2.36. The Bertz CT molecular complexity index is 1140. The monoisotopic (exact) mass is 528 g/mol. The van der Waals surface area contributed by atoms with Crippen LogP contribution in [-0.4, -0.2) is 80.2 Å². The molecule has 10 heteroatoms. The molecule has 0 radical (unpaired) electrons. The molecule has 1 heterocycles. The van der Waals surface area contributed by atoms with Crippen LogP contribution in [0.3, 0.4) is 0 Å². The molecule has 0 aliphatic carbocycles. The quantitative estimate of drug-likeness (QED) is 0.611. The van der Waals surface area contributed by atoms with E-state index in [1.165, 1.54) is 17.0 Å². The number of benzene rings is 2. The molecule has 3 atom stereocenters. The smallest absolute Gasteiger partial charge is 0.319 e. The Morgan fingerprint density at radius 1 is 1.16 bits per heavy atom. The summed E-state index contributed by atoms with van der Waals surface area (Å²) >= 11 is 0.